The summed E-state index contributed by atoms with van der Waals surface area (Å²) in [4.78, 5) is 9.07. The Morgan fingerprint density at radius 3 is 2.33 bits per heavy atom. The van der Waals surface area contributed by atoms with Gasteiger partial charge in [0, 0.05) is 17.1 Å². The van der Waals surface area contributed by atoms with E-state index in [-0.39, 0.29) is 0 Å². The molecule has 1 unspecified atom stereocenters. The summed E-state index contributed by atoms with van der Waals surface area (Å²) in [6, 6.07) is 0. The third-order valence-corrected chi connectivity index (χ3v) is 4.21. The number of hydrogen-bond acceptors (Lipinski definition) is 4. The molecular weight excluding hydrogens is 242 g/mol. The van der Waals surface area contributed by atoms with Gasteiger partial charge in [-0.3, -0.25) is 0 Å². The summed E-state index contributed by atoms with van der Waals surface area (Å²) in [7, 11) is 0. The van der Waals surface area contributed by atoms with Gasteiger partial charge < -0.3 is 5.32 Å². The lowest BCUT2D eigenvalue weighted by molar-refractivity contribution is 0.556. The Labute approximate surface area is 115 Å². The lowest BCUT2D eigenvalue weighted by Gasteiger charge is -2.12. The Kier molecular flexibility index (Phi) is 6.65. The third-order valence-electron chi connectivity index (χ3n) is 3.03. The molecule has 18 heavy (non-hydrogen) atoms. The molecule has 0 saturated carbocycles. The smallest absolute Gasteiger partial charge is 0.188 e. The van der Waals surface area contributed by atoms with E-state index in [4.69, 9.17) is 0 Å². The molecule has 0 bridgehead atoms. The van der Waals surface area contributed by atoms with Crippen LogP contribution in [0, 0.1) is 26.7 Å². The second-order valence-corrected chi connectivity index (χ2v) is 5.91. The quantitative estimate of drug-likeness (QED) is 0.468. The molecule has 3 nitrogen and oxygen atoms in total. The number of nitrogens with one attached hydrogen (secondary N) is 1. The topological polar surface area (TPSA) is 37.8 Å². The molecule has 1 rings (SSSR count). The molecule has 0 aromatic carbocycles. The van der Waals surface area contributed by atoms with Crippen molar-refractivity contribution in [2.24, 2.45) is 5.92 Å². The monoisotopic (exact) mass is 267 g/mol. The van der Waals surface area contributed by atoms with Crippen molar-refractivity contribution in [1.29, 1.82) is 0 Å². The van der Waals surface area contributed by atoms with Crippen molar-refractivity contribution in [2.75, 3.05) is 18.8 Å². The summed E-state index contributed by atoms with van der Waals surface area (Å²) in [5, 5.41) is 4.36. The first-order valence-corrected chi connectivity index (χ1v) is 7.68. The molecule has 1 heterocycles. The van der Waals surface area contributed by atoms with Gasteiger partial charge in [-0.25, -0.2) is 9.97 Å². The zero-order valence-electron chi connectivity index (χ0n) is 12.2. The Hall–Kier alpha value is -0.610. The van der Waals surface area contributed by atoms with Crippen LogP contribution >= 0.6 is 11.8 Å². The lowest BCUT2D eigenvalue weighted by Crippen LogP contribution is -2.23. The van der Waals surface area contributed by atoms with Gasteiger partial charge in [0.1, 0.15) is 0 Å². The molecule has 102 valence electrons. The van der Waals surface area contributed by atoms with E-state index in [0.717, 1.165) is 35.4 Å². The SMILES string of the molecule is CCCNCC(C)CSc1nc(C)c(C)c(C)n1. The molecule has 0 radical (unpaired) electrons. The molecule has 0 aliphatic carbocycles. The summed E-state index contributed by atoms with van der Waals surface area (Å²) < 4.78 is 0. The van der Waals surface area contributed by atoms with Crippen LogP contribution in [-0.2, 0) is 0 Å². The standard InChI is InChI=1S/C14H25N3S/c1-6-7-15-8-10(2)9-18-14-16-12(4)11(3)13(5)17-14/h10,15H,6-9H2,1-5H3. The van der Waals surface area contributed by atoms with E-state index in [2.05, 4.69) is 49.9 Å². The number of aromatic nitrogens is 2. The van der Waals surface area contributed by atoms with Crippen molar-refractivity contribution >= 4 is 11.8 Å². The second kappa shape index (κ2) is 7.74. The maximum atomic E-state index is 4.53. The number of aryl methyl sites for hydroxylation is 2. The minimum absolute atomic E-state index is 0.645. The highest BCUT2D eigenvalue weighted by Crippen LogP contribution is 2.19. The first-order chi connectivity index (χ1) is 8.54. The molecule has 0 fully saturated rings. The Bertz CT molecular complexity index is 356. The van der Waals surface area contributed by atoms with Gasteiger partial charge in [-0.05, 0) is 51.8 Å². The molecule has 0 spiro atoms. The summed E-state index contributed by atoms with van der Waals surface area (Å²) >= 11 is 1.76. The highest BCUT2D eigenvalue weighted by molar-refractivity contribution is 7.99. The summed E-state index contributed by atoms with van der Waals surface area (Å²) in [5.74, 6) is 1.71. The normalized spacial score (nSPS) is 12.7. The minimum atomic E-state index is 0.645. The van der Waals surface area contributed by atoms with Crippen LogP contribution in [0.15, 0.2) is 5.16 Å². The molecule has 1 N–H and O–H groups in total. The Balaban J connectivity index is 2.43. The summed E-state index contributed by atoms with van der Waals surface area (Å²) in [5.41, 5.74) is 3.40. The van der Waals surface area contributed by atoms with Gasteiger partial charge in [0.05, 0.1) is 0 Å². The maximum Gasteiger partial charge on any atom is 0.188 e. The van der Waals surface area contributed by atoms with Crippen molar-refractivity contribution < 1.29 is 0 Å². The van der Waals surface area contributed by atoms with E-state index in [1.165, 1.54) is 12.0 Å². The van der Waals surface area contributed by atoms with Crippen molar-refractivity contribution in [3.8, 4) is 0 Å². The number of hydrogen-bond donors (Lipinski definition) is 1. The number of nitrogens with zero attached hydrogens (tertiary/aromatic N) is 2. The van der Waals surface area contributed by atoms with Crippen LogP contribution in [0.5, 0.6) is 0 Å². The van der Waals surface area contributed by atoms with Gasteiger partial charge in [0.2, 0.25) is 0 Å². The molecule has 0 aliphatic rings. The highest BCUT2D eigenvalue weighted by atomic mass is 32.2. The Morgan fingerprint density at radius 1 is 1.17 bits per heavy atom. The molecule has 0 aliphatic heterocycles. The van der Waals surface area contributed by atoms with E-state index < -0.39 is 0 Å². The number of thioether (sulfide) groups is 1. The average molecular weight is 267 g/mol. The third kappa shape index (κ3) is 4.94. The van der Waals surface area contributed by atoms with Crippen LogP contribution in [0.1, 0.15) is 37.2 Å². The predicted octanol–water partition coefficient (Wildman–Crippen LogP) is 3.13. The van der Waals surface area contributed by atoms with E-state index in [1.54, 1.807) is 11.8 Å². The minimum Gasteiger partial charge on any atom is -0.316 e. The van der Waals surface area contributed by atoms with Crippen LogP contribution < -0.4 is 5.32 Å². The molecule has 1 atom stereocenters. The lowest BCUT2D eigenvalue weighted by atomic mass is 10.2. The van der Waals surface area contributed by atoms with Crippen LogP contribution in [0.2, 0.25) is 0 Å². The van der Waals surface area contributed by atoms with Gasteiger partial charge in [-0.1, -0.05) is 25.6 Å². The first-order valence-electron chi connectivity index (χ1n) is 6.70. The fourth-order valence-electron chi connectivity index (χ4n) is 1.61. The maximum absolute atomic E-state index is 4.53. The highest BCUT2D eigenvalue weighted by Gasteiger charge is 2.07. The summed E-state index contributed by atoms with van der Waals surface area (Å²) in [6.07, 6.45) is 1.19. The van der Waals surface area contributed by atoms with E-state index >= 15 is 0 Å². The molecule has 0 amide bonds. The first kappa shape index (κ1) is 15.4. The molecular formula is C14H25N3S. The summed E-state index contributed by atoms with van der Waals surface area (Å²) in [6.45, 7) is 12.8. The van der Waals surface area contributed by atoms with Gasteiger partial charge in [-0.15, -0.1) is 0 Å². The van der Waals surface area contributed by atoms with Crippen molar-refractivity contribution in [2.45, 2.75) is 46.2 Å². The fourth-order valence-corrected chi connectivity index (χ4v) is 2.56. The molecule has 1 aromatic heterocycles. The average Bonchev–Trinajstić information content (AvgIpc) is 2.33. The number of rotatable bonds is 7. The van der Waals surface area contributed by atoms with E-state index in [9.17, 15) is 0 Å². The van der Waals surface area contributed by atoms with Crippen molar-refractivity contribution in [3.63, 3.8) is 0 Å². The second-order valence-electron chi connectivity index (χ2n) is 4.92. The molecule has 4 heteroatoms. The van der Waals surface area contributed by atoms with E-state index in [1.807, 2.05) is 0 Å². The fraction of sp³-hybridized carbons (Fsp3) is 0.714. The van der Waals surface area contributed by atoms with Crippen LogP contribution in [0.3, 0.4) is 0 Å². The van der Waals surface area contributed by atoms with Gasteiger partial charge in [0.25, 0.3) is 0 Å². The van der Waals surface area contributed by atoms with Crippen LogP contribution in [0.25, 0.3) is 0 Å². The van der Waals surface area contributed by atoms with Crippen molar-refractivity contribution in [3.05, 3.63) is 17.0 Å². The zero-order valence-corrected chi connectivity index (χ0v) is 13.0. The van der Waals surface area contributed by atoms with Gasteiger partial charge >= 0.3 is 0 Å². The van der Waals surface area contributed by atoms with Crippen LogP contribution in [-0.4, -0.2) is 28.8 Å². The Morgan fingerprint density at radius 2 is 1.78 bits per heavy atom. The largest absolute Gasteiger partial charge is 0.316 e. The zero-order chi connectivity index (χ0) is 13.5. The van der Waals surface area contributed by atoms with Gasteiger partial charge in [-0.2, -0.15) is 0 Å². The van der Waals surface area contributed by atoms with Crippen molar-refractivity contribution in [1.82, 2.24) is 15.3 Å². The van der Waals surface area contributed by atoms with Gasteiger partial charge in [0.15, 0.2) is 5.16 Å². The predicted molar refractivity (Wildman–Crippen MR) is 79.3 cm³/mol. The van der Waals surface area contributed by atoms with E-state index in [0.29, 0.717) is 5.92 Å². The van der Waals surface area contributed by atoms with Crippen LogP contribution in [0.4, 0.5) is 0 Å². The molecule has 0 saturated heterocycles. The molecule has 1 aromatic rings.